The minimum absolute atomic E-state index is 0.610. The molecule has 94 valence electrons. The van der Waals surface area contributed by atoms with Crippen molar-refractivity contribution in [2.45, 2.75) is 6.42 Å². The molecule has 0 bridgehead atoms. The topological polar surface area (TPSA) is 35.2 Å². The molecule has 0 amide bonds. The summed E-state index contributed by atoms with van der Waals surface area (Å²) in [6.45, 7) is 0.610. The molecule has 0 unspecified atom stereocenters. The van der Waals surface area contributed by atoms with Gasteiger partial charge in [-0.15, -0.1) is 0 Å². The molecule has 0 radical (unpaired) electrons. The van der Waals surface area contributed by atoms with Crippen LogP contribution in [0.25, 0.3) is 0 Å². The van der Waals surface area contributed by atoms with E-state index in [-0.39, 0.29) is 0 Å². The van der Waals surface area contributed by atoms with E-state index in [1.165, 1.54) is 0 Å². The number of hydrogen-bond acceptors (Lipinski definition) is 2. The summed E-state index contributed by atoms with van der Waals surface area (Å²) in [5.74, 6) is 1.74. The van der Waals surface area contributed by atoms with Crippen LogP contribution in [0.15, 0.2) is 46.9 Å². The SMILES string of the molecule is NCCc1cc(Br)ccc1Oc1ccccc1I. The summed E-state index contributed by atoms with van der Waals surface area (Å²) < 4.78 is 8.10. The fourth-order valence-corrected chi connectivity index (χ4v) is 2.55. The number of benzene rings is 2. The molecule has 0 aliphatic carbocycles. The molecule has 2 N–H and O–H groups in total. The van der Waals surface area contributed by atoms with Gasteiger partial charge in [-0.25, -0.2) is 0 Å². The van der Waals surface area contributed by atoms with Crippen molar-refractivity contribution < 1.29 is 4.74 Å². The van der Waals surface area contributed by atoms with E-state index >= 15 is 0 Å². The van der Waals surface area contributed by atoms with E-state index < -0.39 is 0 Å². The predicted molar refractivity (Wildman–Crippen MR) is 86.1 cm³/mol. The van der Waals surface area contributed by atoms with Crippen molar-refractivity contribution in [3.8, 4) is 11.5 Å². The first-order valence-electron chi connectivity index (χ1n) is 5.61. The maximum atomic E-state index is 5.96. The second kappa shape index (κ2) is 6.54. The Morgan fingerprint density at radius 1 is 1.11 bits per heavy atom. The van der Waals surface area contributed by atoms with Crippen molar-refractivity contribution >= 4 is 38.5 Å². The predicted octanol–water partition coefficient (Wildman–Crippen LogP) is 4.35. The largest absolute Gasteiger partial charge is 0.456 e. The average Bonchev–Trinajstić information content (AvgIpc) is 2.35. The van der Waals surface area contributed by atoms with Crippen LogP contribution in [-0.4, -0.2) is 6.54 Å². The van der Waals surface area contributed by atoms with E-state index in [0.717, 1.165) is 31.5 Å². The lowest BCUT2D eigenvalue weighted by molar-refractivity contribution is 0.473. The summed E-state index contributed by atoms with van der Waals surface area (Å²) in [7, 11) is 0. The molecule has 18 heavy (non-hydrogen) atoms. The van der Waals surface area contributed by atoms with Crippen molar-refractivity contribution in [3.05, 3.63) is 56.1 Å². The van der Waals surface area contributed by atoms with Crippen molar-refractivity contribution in [3.63, 3.8) is 0 Å². The first-order valence-corrected chi connectivity index (χ1v) is 7.49. The lowest BCUT2D eigenvalue weighted by Crippen LogP contribution is -2.04. The zero-order chi connectivity index (χ0) is 13.0. The Morgan fingerprint density at radius 2 is 1.89 bits per heavy atom. The molecule has 0 spiro atoms. The van der Waals surface area contributed by atoms with Crippen LogP contribution in [-0.2, 0) is 6.42 Å². The van der Waals surface area contributed by atoms with Crippen molar-refractivity contribution in [2.75, 3.05) is 6.54 Å². The van der Waals surface area contributed by atoms with Crippen LogP contribution >= 0.6 is 38.5 Å². The van der Waals surface area contributed by atoms with Crippen LogP contribution in [0.3, 0.4) is 0 Å². The van der Waals surface area contributed by atoms with Gasteiger partial charge in [-0.05, 0) is 71.5 Å². The van der Waals surface area contributed by atoms with Gasteiger partial charge in [0.25, 0.3) is 0 Å². The van der Waals surface area contributed by atoms with E-state index in [0.29, 0.717) is 6.54 Å². The lowest BCUT2D eigenvalue weighted by atomic mass is 10.1. The third-order valence-corrected chi connectivity index (χ3v) is 3.88. The highest BCUT2D eigenvalue weighted by atomic mass is 127. The van der Waals surface area contributed by atoms with Gasteiger partial charge >= 0.3 is 0 Å². The van der Waals surface area contributed by atoms with Gasteiger partial charge in [-0.3, -0.25) is 0 Å². The van der Waals surface area contributed by atoms with Gasteiger partial charge in [0.05, 0.1) is 3.57 Å². The minimum atomic E-state index is 0.610. The van der Waals surface area contributed by atoms with Gasteiger partial charge < -0.3 is 10.5 Å². The first kappa shape index (κ1) is 13.8. The molecule has 0 heterocycles. The molecule has 0 aliphatic rings. The quantitative estimate of drug-likeness (QED) is 0.750. The Hall–Kier alpha value is -0.590. The molecule has 0 atom stereocenters. The highest BCUT2D eigenvalue weighted by Crippen LogP contribution is 2.30. The third-order valence-electron chi connectivity index (χ3n) is 2.49. The van der Waals surface area contributed by atoms with E-state index in [1.54, 1.807) is 0 Å². The Morgan fingerprint density at radius 3 is 2.61 bits per heavy atom. The van der Waals surface area contributed by atoms with Gasteiger partial charge in [0.2, 0.25) is 0 Å². The second-order valence-electron chi connectivity index (χ2n) is 3.82. The molecule has 2 aromatic carbocycles. The summed E-state index contributed by atoms with van der Waals surface area (Å²) in [6, 6.07) is 14.0. The van der Waals surface area contributed by atoms with E-state index in [1.807, 2.05) is 36.4 Å². The van der Waals surface area contributed by atoms with Gasteiger partial charge in [-0.2, -0.15) is 0 Å². The zero-order valence-corrected chi connectivity index (χ0v) is 13.4. The van der Waals surface area contributed by atoms with E-state index in [2.05, 4.69) is 44.6 Å². The smallest absolute Gasteiger partial charge is 0.140 e. The fraction of sp³-hybridized carbons (Fsp3) is 0.143. The Balaban J connectivity index is 2.31. The summed E-state index contributed by atoms with van der Waals surface area (Å²) in [6.07, 6.45) is 0.804. The lowest BCUT2D eigenvalue weighted by Gasteiger charge is -2.12. The monoisotopic (exact) mass is 417 g/mol. The third kappa shape index (κ3) is 3.46. The molecule has 0 aliphatic heterocycles. The van der Waals surface area contributed by atoms with Crippen LogP contribution in [0.4, 0.5) is 0 Å². The number of rotatable bonds is 4. The molecule has 2 aromatic rings. The fourth-order valence-electron chi connectivity index (χ4n) is 1.64. The molecular weight excluding hydrogens is 405 g/mol. The molecule has 0 aromatic heterocycles. The minimum Gasteiger partial charge on any atom is -0.456 e. The standard InChI is InChI=1S/C14H13BrINO/c15-11-5-6-13(10(9-11)7-8-17)18-14-4-2-1-3-12(14)16/h1-6,9H,7-8,17H2. The molecule has 2 rings (SSSR count). The highest BCUT2D eigenvalue weighted by Gasteiger charge is 2.07. The second-order valence-corrected chi connectivity index (χ2v) is 5.90. The van der Waals surface area contributed by atoms with Crippen LogP contribution in [0.2, 0.25) is 0 Å². The zero-order valence-electron chi connectivity index (χ0n) is 9.70. The summed E-state index contributed by atoms with van der Waals surface area (Å²) in [4.78, 5) is 0. The van der Waals surface area contributed by atoms with Gasteiger partial charge in [0, 0.05) is 4.47 Å². The van der Waals surface area contributed by atoms with E-state index in [9.17, 15) is 0 Å². The molecule has 0 saturated heterocycles. The van der Waals surface area contributed by atoms with Gasteiger partial charge in [-0.1, -0.05) is 28.1 Å². The number of para-hydroxylation sites is 1. The molecule has 0 fully saturated rings. The number of halogens is 2. The van der Waals surface area contributed by atoms with Crippen LogP contribution < -0.4 is 10.5 Å². The number of hydrogen-bond donors (Lipinski definition) is 1. The van der Waals surface area contributed by atoms with Crippen molar-refractivity contribution in [2.24, 2.45) is 5.73 Å². The van der Waals surface area contributed by atoms with Crippen molar-refractivity contribution in [1.29, 1.82) is 0 Å². The highest BCUT2D eigenvalue weighted by molar-refractivity contribution is 14.1. The molecule has 2 nitrogen and oxygen atoms in total. The Kier molecular flexibility index (Phi) is 5.03. The molecule has 4 heteroatoms. The number of ether oxygens (including phenoxy) is 1. The first-order chi connectivity index (χ1) is 8.70. The van der Waals surface area contributed by atoms with Crippen LogP contribution in [0.5, 0.6) is 11.5 Å². The summed E-state index contributed by atoms with van der Waals surface area (Å²) in [5, 5.41) is 0. The Bertz CT molecular complexity index is 545. The van der Waals surface area contributed by atoms with Crippen LogP contribution in [0, 0.1) is 3.57 Å². The van der Waals surface area contributed by atoms with E-state index in [4.69, 9.17) is 10.5 Å². The molecule has 0 saturated carbocycles. The van der Waals surface area contributed by atoms with Gasteiger partial charge in [0.1, 0.15) is 11.5 Å². The Labute approximate surface area is 129 Å². The van der Waals surface area contributed by atoms with Gasteiger partial charge in [0.15, 0.2) is 0 Å². The normalized spacial score (nSPS) is 10.4. The average molecular weight is 418 g/mol. The summed E-state index contributed by atoms with van der Waals surface area (Å²) in [5.41, 5.74) is 6.75. The molecular formula is C14H13BrINO. The number of nitrogens with two attached hydrogens (primary N) is 1. The van der Waals surface area contributed by atoms with Crippen molar-refractivity contribution in [1.82, 2.24) is 0 Å². The summed E-state index contributed by atoms with van der Waals surface area (Å²) >= 11 is 5.74. The maximum absolute atomic E-state index is 5.96. The maximum Gasteiger partial charge on any atom is 0.140 e. The van der Waals surface area contributed by atoms with Crippen LogP contribution in [0.1, 0.15) is 5.56 Å².